The van der Waals surface area contributed by atoms with Gasteiger partial charge in [-0.3, -0.25) is 4.79 Å². The molecule has 162 valence electrons. The van der Waals surface area contributed by atoms with Crippen molar-refractivity contribution >= 4 is 23.2 Å². The number of hydrogen-bond donors (Lipinski definition) is 1. The molecule has 0 aliphatic heterocycles. The second-order valence-electron chi connectivity index (χ2n) is 6.68. The highest BCUT2D eigenvalue weighted by atomic mass is 19.4. The molecule has 0 aliphatic rings. The number of esters is 1. The molecule has 4 aromatic rings. The number of anilines is 1. The molecule has 2 heterocycles. The van der Waals surface area contributed by atoms with E-state index in [1.54, 1.807) is 42.5 Å². The van der Waals surface area contributed by atoms with E-state index in [1.165, 1.54) is 19.2 Å². The molecule has 32 heavy (non-hydrogen) atoms. The zero-order valence-electron chi connectivity index (χ0n) is 16.6. The van der Waals surface area contributed by atoms with E-state index >= 15 is 0 Å². The summed E-state index contributed by atoms with van der Waals surface area (Å²) in [6, 6.07) is 16.5. The minimum Gasteiger partial charge on any atom is -0.465 e. The Labute approximate surface area is 179 Å². The Bertz CT molecular complexity index is 1320. The summed E-state index contributed by atoms with van der Waals surface area (Å²) in [5, 5.41) is 6.29. The van der Waals surface area contributed by atoms with Crippen LogP contribution in [0.4, 0.5) is 18.9 Å². The van der Waals surface area contributed by atoms with Crippen LogP contribution in [-0.2, 0) is 10.9 Å². The second-order valence-corrected chi connectivity index (χ2v) is 6.68. The van der Waals surface area contributed by atoms with Gasteiger partial charge in [-0.05, 0) is 18.2 Å². The molecule has 2 aromatic carbocycles. The van der Waals surface area contributed by atoms with Crippen molar-refractivity contribution in [3.63, 3.8) is 0 Å². The normalized spacial score (nSPS) is 11.4. The minimum absolute atomic E-state index is 0.0904. The number of amides is 1. The number of hydrogen-bond acceptors (Lipinski definition) is 5. The maximum absolute atomic E-state index is 13.7. The first kappa shape index (κ1) is 21.0. The highest BCUT2D eigenvalue weighted by molar-refractivity contribution is 6.07. The molecule has 0 bridgehead atoms. The van der Waals surface area contributed by atoms with Crippen molar-refractivity contribution in [2.24, 2.45) is 0 Å². The molecule has 7 nitrogen and oxygen atoms in total. The van der Waals surface area contributed by atoms with Gasteiger partial charge in [0.05, 0.1) is 24.1 Å². The number of rotatable bonds is 4. The van der Waals surface area contributed by atoms with E-state index in [9.17, 15) is 22.8 Å². The van der Waals surface area contributed by atoms with Crippen LogP contribution in [0.1, 0.15) is 26.5 Å². The van der Waals surface area contributed by atoms with E-state index in [0.29, 0.717) is 10.1 Å². The Kier molecular flexibility index (Phi) is 5.35. The topological polar surface area (TPSA) is 85.6 Å². The standard InChI is InChI=1S/C22H15F3N4O3/c1-32-21(31)14-9-5-6-10-15(14)27-20(30)17-12-19-26-16(13-7-3-2-4-8-13)11-18(22(23,24)25)29(19)28-17/h2-12H,1H3,(H,27,30). The van der Waals surface area contributed by atoms with Crippen molar-refractivity contribution in [2.45, 2.75) is 6.18 Å². The van der Waals surface area contributed by atoms with Crippen molar-refractivity contribution in [1.29, 1.82) is 0 Å². The lowest BCUT2D eigenvalue weighted by Gasteiger charge is -2.11. The maximum Gasteiger partial charge on any atom is 0.433 e. The zero-order chi connectivity index (χ0) is 22.9. The van der Waals surface area contributed by atoms with Gasteiger partial charge in [0.15, 0.2) is 17.0 Å². The first-order valence-electron chi connectivity index (χ1n) is 9.30. The summed E-state index contributed by atoms with van der Waals surface area (Å²) in [5.41, 5.74) is -0.718. The molecule has 0 saturated heterocycles. The number of alkyl halides is 3. The van der Waals surface area contributed by atoms with Crippen molar-refractivity contribution in [1.82, 2.24) is 14.6 Å². The third-order valence-electron chi connectivity index (χ3n) is 4.60. The summed E-state index contributed by atoms with van der Waals surface area (Å²) in [5.74, 6) is -1.48. The number of fused-ring (bicyclic) bond motifs is 1. The molecule has 0 unspecified atom stereocenters. The van der Waals surface area contributed by atoms with Crippen LogP contribution in [0.2, 0.25) is 0 Å². The average molecular weight is 440 g/mol. The molecule has 0 saturated carbocycles. The van der Waals surface area contributed by atoms with Crippen LogP contribution in [0.5, 0.6) is 0 Å². The van der Waals surface area contributed by atoms with E-state index in [2.05, 4.69) is 20.1 Å². The van der Waals surface area contributed by atoms with E-state index < -0.39 is 23.7 Å². The maximum atomic E-state index is 13.7. The summed E-state index contributed by atoms with van der Waals surface area (Å²) in [7, 11) is 1.19. The number of carbonyl (C=O) groups is 2. The fourth-order valence-corrected chi connectivity index (χ4v) is 3.11. The largest absolute Gasteiger partial charge is 0.465 e. The van der Waals surface area contributed by atoms with Crippen molar-refractivity contribution in [2.75, 3.05) is 12.4 Å². The van der Waals surface area contributed by atoms with Crippen molar-refractivity contribution in [3.8, 4) is 11.3 Å². The van der Waals surface area contributed by atoms with Gasteiger partial charge in [-0.25, -0.2) is 14.3 Å². The Hall–Kier alpha value is -4.21. The van der Waals surface area contributed by atoms with Crippen LogP contribution in [0.15, 0.2) is 66.7 Å². The van der Waals surface area contributed by atoms with Gasteiger partial charge >= 0.3 is 12.1 Å². The van der Waals surface area contributed by atoms with Gasteiger partial charge < -0.3 is 10.1 Å². The van der Waals surface area contributed by atoms with Crippen LogP contribution in [0.25, 0.3) is 16.9 Å². The second kappa shape index (κ2) is 8.14. The van der Waals surface area contributed by atoms with E-state index in [1.807, 2.05) is 0 Å². The molecule has 0 spiro atoms. The number of halogens is 3. The predicted octanol–water partition coefficient (Wildman–Crippen LogP) is 4.45. The van der Waals surface area contributed by atoms with Crippen LogP contribution < -0.4 is 5.32 Å². The lowest BCUT2D eigenvalue weighted by atomic mass is 10.1. The van der Waals surface area contributed by atoms with E-state index in [-0.39, 0.29) is 28.3 Å². The van der Waals surface area contributed by atoms with Gasteiger partial charge in [0.1, 0.15) is 0 Å². The van der Waals surface area contributed by atoms with E-state index in [0.717, 1.165) is 12.1 Å². The molecule has 0 radical (unpaired) electrons. The first-order valence-corrected chi connectivity index (χ1v) is 9.30. The van der Waals surface area contributed by atoms with Crippen LogP contribution in [0, 0.1) is 0 Å². The summed E-state index contributed by atoms with van der Waals surface area (Å²) in [4.78, 5) is 28.8. The van der Waals surface area contributed by atoms with Crippen LogP contribution in [-0.4, -0.2) is 33.6 Å². The number of benzene rings is 2. The fraction of sp³-hybridized carbons (Fsp3) is 0.0909. The summed E-state index contributed by atoms with van der Waals surface area (Å²) in [6.07, 6.45) is -4.73. The molecule has 10 heteroatoms. The van der Waals surface area contributed by atoms with Crippen LogP contribution >= 0.6 is 0 Å². The average Bonchev–Trinajstić information content (AvgIpc) is 3.22. The van der Waals surface area contributed by atoms with Gasteiger partial charge in [0, 0.05) is 11.6 Å². The fourth-order valence-electron chi connectivity index (χ4n) is 3.11. The van der Waals surface area contributed by atoms with Gasteiger partial charge in [0.2, 0.25) is 0 Å². The molecule has 1 amide bonds. The Morgan fingerprint density at radius 3 is 2.38 bits per heavy atom. The summed E-state index contributed by atoms with van der Waals surface area (Å²) in [6.45, 7) is 0. The molecule has 0 atom stereocenters. The smallest absolute Gasteiger partial charge is 0.433 e. The summed E-state index contributed by atoms with van der Waals surface area (Å²) < 4.78 is 46.4. The SMILES string of the molecule is COC(=O)c1ccccc1NC(=O)c1cc2nc(-c3ccccc3)cc(C(F)(F)F)n2n1. The quantitative estimate of drug-likeness (QED) is 0.474. The molecular weight excluding hydrogens is 425 g/mol. The summed E-state index contributed by atoms with van der Waals surface area (Å²) >= 11 is 0. The third-order valence-corrected chi connectivity index (χ3v) is 4.60. The van der Waals surface area contributed by atoms with Crippen molar-refractivity contribution in [3.05, 3.63) is 83.7 Å². The monoisotopic (exact) mass is 440 g/mol. The van der Waals surface area contributed by atoms with Gasteiger partial charge in [-0.1, -0.05) is 42.5 Å². The number of aromatic nitrogens is 3. The number of ether oxygens (including phenoxy) is 1. The van der Waals surface area contributed by atoms with Gasteiger partial charge in [-0.15, -0.1) is 0 Å². The lowest BCUT2D eigenvalue weighted by molar-refractivity contribution is -0.142. The number of carbonyl (C=O) groups excluding carboxylic acids is 2. The van der Waals surface area contributed by atoms with Crippen LogP contribution in [0.3, 0.4) is 0 Å². The van der Waals surface area contributed by atoms with Gasteiger partial charge in [-0.2, -0.15) is 18.3 Å². The molecule has 2 aromatic heterocycles. The third kappa shape index (κ3) is 4.02. The zero-order valence-corrected chi connectivity index (χ0v) is 16.6. The number of nitrogens with one attached hydrogen (secondary N) is 1. The highest BCUT2D eigenvalue weighted by Gasteiger charge is 2.35. The Morgan fingerprint density at radius 1 is 1.00 bits per heavy atom. The number of para-hydroxylation sites is 1. The van der Waals surface area contributed by atoms with Gasteiger partial charge in [0.25, 0.3) is 5.91 Å². The first-order chi connectivity index (χ1) is 15.3. The predicted molar refractivity (Wildman–Crippen MR) is 109 cm³/mol. The number of nitrogens with zero attached hydrogens (tertiary/aromatic N) is 3. The Morgan fingerprint density at radius 2 is 1.69 bits per heavy atom. The lowest BCUT2D eigenvalue weighted by Crippen LogP contribution is -2.17. The number of methoxy groups -OCH3 is 1. The molecule has 0 fully saturated rings. The Balaban J connectivity index is 1.77. The highest BCUT2D eigenvalue weighted by Crippen LogP contribution is 2.32. The molecule has 0 aliphatic carbocycles. The van der Waals surface area contributed by atoms with Crippen molar-refractivity contribution < 1.29 is 27.5 Å². The molecule has 1 N–H and O–H groups in total. The molecular formula is C22H15F3N4O3. The molecule has 4 rings (SSSR count). The van der Waals surface area contributed by atoms with E-state index in [4.69, 9.17) is 0 Å². The minimum atomic E-state index is -4.73.